The lowest BCUT2D eigenvalue weighted by molar-refractivity contribution is 0.0137. The van der Waals surface area contributed by atoms with Gasteiger partial charge in [0.05, 0.1) is 24.0 Å². The number of rotatable bonds is 3. The van der Waals surface area contributed by atoms with Gasteiger partial charge in [0, 0.05) is 37.4 Å². The summed E-state index contributed by atoms with van der Waals surface area (Å²) in [6.07, 6.45) is -0.242. The van der Waals surface area contributed by atoms with E-state index in [1.165, 1.54) is 5.56 Å². The molecule has 0 radical (unpaired) electrons. The van der Waals surface area contributed by atoms with Gasteiger partial charge < -0.3 is 19.9 Å². The van der Waals surface area contributed by atoms with E-state index >= 15 is 0 Å². The van der Waals surface area contributed by atoms with E-state index in [0.717, 1.165) is 29.6 Å². The van der Waals surface area contributed by atoms with E-state index in [4.69, 9.17) is 14.8 Å². The highest BCUT2D eigenvalue weighted by Crippen LogP contribution is 2.21. The second-order valence-electron chi connectivity index (χ2n) is 9.19. The van der Waals surface area contributed by atoms with Crippen molar-refractivity contribution in [2.45, 2.75) is 52.8 Å². The van der Waals surface area contributed by atoms with E-state index in [0.29, 0.717) is 26.2 Å². The van der Waals surface area contributed by atoms with Gasteiger partial charge in [-0.15, -0.1) is 0 Å². The molecule has 3 heterocycles. The Labute approximate surface area is 183 Å². The lowest BCUT2D eigenvalue weighted by atomic mass is 10.2. The zero-order valence-electron chi connectivity index (χ0n) is 19.1. The monoisotopic (exact) mass is 424 g/mol. The molecule has 0 bridgehead atoms. The molecule has 1 aromatic carbocycles. The molecule has 1 N–H and O–H groups in total. The van der Waals surface area contributed by atoms with Crippen LogP contribution in [-0.4, -0.2) is 69.5 Å². The first-order valence-electron chi connectivity index (χ1n) is 10.9. The van der Waals surface area contributed by atoms with Crippen LogP contribution in [0.2, 0.25) is 0 Å². The summed E-state index contributed by atoms with van der Waals surface area (Å²) >= 11 is 0. The van der Waals surface area contributed by atoms with Gasteiger partial charge in [-0.05, 0) is 46.8 Å². The average Bonchev–Trinajstić information content (AvgIpc) is 3.25. The summed E-state index contributed by atoms with van der Waals surface area (Å²) in [5, 5.41) is 8.24. The minimum Gasteiger partial charge on any atom is -0.444 e. The molecule has 1 aromatic heterocycles. The summed E-state index contributed by atoms with van der Waals surface area (Å²) in [5.74, 6) is 0.903. The first-order valence-corrected chi connectivity index (χ1v) is 10.9. The molecule has 0 aliphatic carbocycles. The van der Waals surface area contributed by atoms with Crippen LogP contribution in [0.15, 0.2) is 35.3 Å². The first-order chi connectivity index (χ1) is 14.7. The third-order valence-corrected chi connectivity index (χ3v) is 5.72. The number of hydrogen-bond acceptors (Lipinski definition) is 6. The van der Waals surface area contributed by atoms with Crippen molar-refractivity contribution in [3.05, 3.63) is 47.3 Å². The largest absolute Gasteiger partial charge is 0.444 e. The number of amides is 1. The van der Waals surface area contributed by atoms with Gasteiger partial charge in [0.1, 0.15) is 5.60 Å². The number of aromatic nitrogens is 2. The lowest BCUT2D eigenvalue weighted by Crippen LogP contribution is -2.57. The molecule has 8 nitrogen and oxygen atoms in total. The van der Waals surface area contributed by atoms with Crippen LogP contribution in [0.1, 0.15) is 37.7 Å². The Balaban J connectivity index is 1.37. The maximum atomic E-state index is 12.4. The Morgan fingerprint density at radius 3 is 2.65 bits per heavy atom. The first kappa shape index (κ1) is 21.2. The van der Waals surface area contributed by atoms with Crippen LogP contribution < -0.4 is 5.32 Å². The number of ether oxygens (including phenoxy) is 1. The van der Waals surface area contributed by atoms with E-state index in [2.05, 4.69) is 29.3 Å². The second-order valence-corrected chi connectivity index (χ2v) is 9.19. The number of aryl methyl sites for hydroxylation is 1. The van der Waals surface area contributed by atoms with Gasteiger partial charge >= 0.3 is 6.09 Å². The Morgan fingerprint density at radius 1 is 1.19 bits per heavy atom. The number of benzene rings is 1. The maximum Gasteiger partial charge on any atom is 0.410 e. The molecule has 2 aliphatic rings. The third-order valence-electron chi connectivity index (χ3n) is 5.72. The SMILES string of the molecule is Cc1nn(-c2ccccc2)c(C)c1CNC1=NCC2CN(C(=O)OC(C)(C)C)CCN12. The number of nitrogens with zero attached hydrogens (tertiary/aromatic N) is 5. The topological polar surface area (TPSA) is 75.0 Å². The van der Waals surface area contributed by atoms with Crippen molar-refractivity contribution in [2.24, 2.45) is 4.99 Å². The highest BCUT2D eigenvalue weighted by molar-refractivity contribution is 5.82. The minimum absolute atomic E-state index is 0.193. The van der Waals surface area contributed by atoms with Crippen molar-refractivity contribution in [3.63, 3.8) is 0 Å². The number of piperazine rings is 1. The van der Waals surface area contributed by atoms with E-state index < -0.39 is 5.60 Å². The highest BCUT2D eigenvalue weighted by Gasteiger charge is 2.36. The summed E-state index contributed by atoms with van der Waals surface area (Å²) in [7, 11) is 0. The van der Waals surface area contributed by atoms with Crippen LogP contribution in [0.3, 0.4) is 0 Å². The van der Waals surface area contributed by atoms with Crippen molar-refractivity contribution in [2.75, 3.05) is 26.2 Å². The molecule has 4 rings (SSSR count). The van der Waals surface area contributed by atoms with Gasteiger partial charge in [-0.25, -0.2) is 9.48 Å². The minimum atomic E-state index is -0.479. The van der Waals surface area contributed by atoms with Crippen molar-refractivity contribution < 1.29 is 9.53 Å². The zero-order chi connectivity index (χ0) is 22.2. The van der Waals surface area contributed by atoms with Gasteiger partial charge in [0.25, 0.3) is 0 Å². The normalized spacial score (nSPS) is 18.6. The van der Waals surface area contributed by atoms with Crippen molar-refractivity contribution >= 4 is 12.1 Å². The van der Waals surface area contributed by atoms with E-state index in [-0.39, 0.29) is 12.1 Å². The van der Waals surface area contributed by atoms with Crippen molar-refractivity contribution in [1.29, 1.82) is 0 Å². The number of carbonyl (C=O) groups excluding carboxylic acids is 1. The summed E-state index contributed by atoms with van der Waals surface area (Å²) in [6, 6.07) is 10.4. The Bertz CT molecular complexity index is 976. The number of para-hydroxylation sites is 1. The van der Waals surface area contributed by atoms with E-state index in [1.807, 2.05) is 50.6 Å². The standard InChI is InChI=1S/C23H32N6O2/c1-16-20(17(2)29(26-16)18-9-7-6-8-10-18)14-25-21-24-13-19-15-27(11-12-28(19)21)22(30)31-23(3,4)5/h6-10,19H,11-15H2,1-5H3,(H,24,25). The molecule has 1 unspecified atom stereocenters. The number of carbonyl (C=O) groups is 1. The summed E-state index contributed by atoms with van der Waals surface area (Å²) in [4.78, 5) is 21.2. The molecule has 2 aromatic rings. The van der Waals surface area contributed by atoms with Crippen LogP contribution >= 0.6 is 0 Å². The fourth-order valence-corrected chi connectivity index (χ4v) is 4.14. The third kappa shape index (κ3) is 4.52. The van der Waals surface area contributed by atoms with Crippen LogP contribution in [0.25, 0.3) is 5.69 Å². The summed E-state index contributed by atoms with van der Waals surface area (Å²) in [5.41, 5.74) is 3.90. The number of aliphatic imine (C=N–C) groups is 1. The number of fused-ring (bicyclic) bond motifs is 1. The molecule has 8 heteroatoms. The van der Waals surface area contributed by atoms with E-state index in [1.54, 1.807) is 4.90 Å². The summed E-state index contributed by atoms with van der Waals surface area (Å²) in [6.45, 7) is 13.2. The van der Waals surface area contributed by atoms with E-state index in [9.17, 15) is 4.79 Å². The Morgan fingerprint density at radius 2 is 1.94 bits per heavy atom. The number of hydrogen-bond donors (Lipinski definition) is 1. The fraction of sp³-hybridized carbons (Fsp3) is 0.522. The van der Waals surface area contributed by atoms with Crippen LogP contribution in [0, 0.1) is 13.8 Å². The number of nitrogens with one attached hydrogen (secondary N) is 1. The molecule has 1 atom stereocenters. The van der Waals surface area contributed by atoms with Crippen molar-refractivity contribution in [3.8, 4) is 5.69 Å². The predicted molar refractivity (Wildman–Crippen MR) is 120 cm³/mol. The highest BCUT2D eigenvalue weighted by atomic mass is 16.6. The van der Waals surface area contributed by atoms with Gasteiger partial charge in [-0.3, -0.25) is 4.99 Å². The quantitative estimate of drug-likeness (QED) is 0.820. The molecule has 1 saturated heterocycles. The fourth-order valence-electron chi connectivity index (χ4n) is 4.14. The van der Waals surface area contributed by atoms with Crippen LogP contribution in [0.5, 0.6) is 0 Å². The molecule has 166 valence electrons. The molecular formula is C23H32N6O2. The Kier molecular flexibility index (Phi) is 5.64. The maximum absolute atomic E-state index is 12.4. The molecule has 1 fully saturated rings. The average molecular weight is 425 g/mol. The molecule has 1 amide bonds. The summed E-state index contributed by atoms with van der Waals surface area (Å²) < 4.78 is 7.52. The number of guanidine groups is 1. The molecule has 31 heavy (non-hydrogen) atoms. The lowest BCUT2D eigenvalue weighted by Gasteiger charge is -2.39. The molecule has 2 aliphatic heterocycles. The van der Waals surface area contributed by atoms with Crippen molar-refractivity contribution in [1.82, 2.24) is 24.9 Å². The van der Waals surface area contributed by atoms with Gasteiger partial charge in [0.15, 0.2) is 5.96 Å². The van der Waals surface area contributed by atoms with Crippen LogP contribution in [-0.2, 0) is 11.3 Å². The molecule has 0 spiro atoms. The predicted octanol–water partition coefficient (Wildman–Crippen LogP) is 2.87. The van der Waals surface area contributed by atoms with Crippen LogP contribution in [0.4, 0.5) is 4.79 Å². The molecule has 0 saturated carbocycles. The second kappa shape index (κ2) is 8.24. The van der Waals surface area contributed by atoms with Gasteiger partial charge in [0.2, 0.25) is 0 Å². The smallest absolute Gasteiger partial charge is 0.410 e. The zero-order valence-corrected chi connectivity index (χ0v) is 19.1. The van der Waals surface area contributed by atoms with Gasteiger partial charge in [-0.2, -0.15) is 5.10 Å². The van der Waals surface area contributed by atoms with Gasteiger partial charge in [-0.1, -0.05) is 18.2 Å². The molecular weight excluding hydrogens is 392 g/mol. The Hall–Kier alpha value is -3.03.